The van der Waals surface area contributed by atoms with Crippen LogP contribution in [0.4, 0.5) is 0 Å². The van der Waals surface area contributed by atoms with Gasteiger partial charge in [0.2, 0.25) is 0 Å². The highest BCUT2D eigenvalue weighted by molar-refractivity contribution is 6.02. The third-order valence-electron chi connectivity index (χ3n) is 2.38. The third kappa shape index (κ3) is 4.52. The highest BCUT2D eigenvalue weighted by atomic mass is 16.6. The van der Waals surface area contributed by atoms with E-state index in [9.17, 15) is 14.4 Å². The van der Waals surface area contributed by atoms with Gasteiger partial charge in [-0.3, -0.25) is 9.59 Å². The van der Waals surface area contributed by atoms with Crippen molar-refractivity contribution in [2.45, 2.75) is 39.4 Å². The molecule has 0 aromatic carbocycles. The summed E-state index contributed by atoms with van der Waals surface area (Å²) < 4.78 is 9.60. The molecule has 0 fully saturated rings. The van der Waals surface area contributed by atoms with Crippen LogP contribution in [0.3, 0.4) is 0 Å². The molecule has 0 spiro atoms. The Kier molecular flexibility index (Phi) is 6.42. The quantitative estimate of drug-likeness (QED) is 0.523. The number of carboxylic acids is 1. The summed E-state index contributed by atoms with van der Waals surface area (Å²) in [4.78, 5) is 33.8. The fourth-order valence-electron chi connectivity index (χ4n) is 1.24. The second-order valence-corrected chi connectivity index (χ2v) is 3.74. The molecule has 0 rings (SSSR count). The first-order chi connectivity index (χ1) is 7.84. The first-order valence-electron chi connectivity index (χ1n) is 5.31. The van der Waals surface area contributed by atoms with Crippen LogP contribution in [0, 0.1) is 5.92 Å². The van der Waals surface area contributed by atoms with Crippen molar-refractivity contribution in [1.82, 2.24) is 0 Å². The minimum absolute atomic E-state index is 0.365. The molecular formula is C11H18O6. The predicted octanol–water partition coefficient (Wildman–Crippen LogP) is 0.633. The van der Waals surface area contributed by atoms with Gasteiger partial charge in [0, 0.05) is 7.11 Å². The molecule has 6 nitrogen and oxygen atoms in total. The van der Waals surface area contributed by atoms with E-state index in [-0.39, 0.29) is 6.10 Å². The van der Waals surface area contributed by atoms with E-state index in [1.807, 2.05) is 6.92 Å². The summed E-state index contributed by atoms with van der Waals surface area (Å²) in [7, 11) is 1.13. The van der Waals surface area contributed by atoms with Gasteiger partial charge in [-0.25, -0.2) is 4.79 Å². The molecule has 0 aromatic heterocycles. The van der Waals surface area contributed by atoms with Crippen LogP contribution in [-0.2, 0) is 23.9 Å². The molecule has 0 heterocycles. The van der Waals surface area contributed by atoms with Crippen molar-refractivity contribution in [1.29, 1.82) is 0 Å². The number of rotatable bonds is 7. The molecule has 17 heavy (non-hydrogen) atoms. The fourth-order valence-corrected chi connectivity index (χ4v) is 1.24. The number of methoxy groups -OCH3 is 1. The summed E-state index contributed by atoms with van der Waals surface area (Å²) in [5.74, 6) is -4.24. The van der Waals surface area contributed by atoms with Gasteiger partial charge < -0.3 is 14.6 Å². The Hall–Kier alpha value is -1.43. The molecule has 98 valence electrons. The molecule has 0 saturated heterocycles. The number of ether oxygens (including phenoxy) is 2. The van der Waals surface area contributed by atoms with Crippen LogP contribution in [0.1, 0.15) is 27.2 Å². The summed E-state index contributed by atoms with van der Waals surface area (Å²) in [5.41, 5.74) is 0. The van der Waals surface area contributed by atoms with Crippen LogP contribution in [0.15, 0.2) is 0 Å². The Bertz CT molecular complexity index is 298. The maximum absolute atomic E-state index is 11.7. The Morgan fingerprint density at radius 1 is 1.29 bits per heavy atom. The van der Waals surface area contributed by atoms with Crippen molar-refractivity contribution in [3.8, 4) is 0 Å². The summed E-state index contributed by atoms with van der Waals surface area (Å²) in [5, 5.41) is 8.85. The van der Waals surface area contributed by atoms with Gasteiger partial charge in [0.1, 0.15) is 5.78 Å². The number of hydrogen-bond acceptors (Lipinski definition) is 5. The van der Waals surface area contributed by atoms with Crippen molar-refractivity contribution in [3.63, 3.8) is 0 Å². The minimum atomic E-state index is -1.51. The summed E-state index contributed by atoms with van der Waals surface area (Å²) in [6.07, 6.45) is -1.29. The Morgan fingerprint density at radius 3 is 2.12 bits per heavy atom. The molecule has 3 unspecified atom stereocenters. The zero-order valence-electron chi connectivity index (χ0n) is 10.4. The van der Waals surface area contributed by atoms with Crippen LogP contribution >= 0.6 is 0 Å². The minimum Gasteiger partial charge on any atom is -0.479 e. The average molecular weight is 246 g/mol. The van der Waals surface area contributed by atoms with E-state index in [1.165, 1.54) is 0 Å². The number of Topliss-reactive ketones (excluding diaryl/α,β-unsaturated/α-hetero) is 1. The molecule has 3 atom stereocenters. The topological polar surface area (TPSA) is 89.9 Å². The number of ketones is 1. The average Bonchev–Trinajstić information content (AvgIpc) is 2.23. The standard InChI is InChI=1S/C11H18O6/c1-5-6(2)17-11(15)8(7(3)12)9(16-4)10(13)14/h6,8-9H,5H2,1-4H3,(H,13,14). The van der Waals surface area contributed by atoms with Crippen LogP contribution in [-0.4, -0.2) is 42.1 Å². The SMILES string of the molecule is CCC(C)OC(=O)C(C(C)=O)C(OC)C(=O)O. The van der Waals surface area contributed by atoms with Crippen LogP contribution in [0.25, 0.3) is 0 Å². The molecule has 0 aromatic rings. The lowest BCUT2D eigenvalue weighted by Crippen LogP contribution is -2.42. The van der Waals surface area contributed by atoms with Crippen molar-refractivity contribution in [2.24, 2.45) is 5.92 Å². The molecule has 0 aliphatic heterocycles. The molecule has 0 saturated carbocycles. The first-order valence-corrected chi connectivity index (χ1v) is 5.31. The number of carboxylic acid groups (broad SMARTS) is 1. The molecule has 6 heteroatoms. The molecule has 0 aliphatic carbocycles. The van der Waals surface area contributed by atoms with Crippen molar-refractivity contribution < 1.29 is 29.0 Å². The molecule has 0 bridgehead atoms. The third-order valence-corrected chi connectivity index (χ3v) is 2.38. The number of carbonyl (C=O) groups is 3. The van der Waals surface area contributed by atoms with Crippen molar-refractivity contribution in [3.05, 3.63) is 0 Å². The van der Waals surface area contributed by atoms with Gasteiger partial charge in [-0.05, 0) is 20.3 Å². The number of esters is 1. The summed E-state index contributed by atoms with van der Waals surface area (Å²) in [6, 6.07) is 0. The molecular weight excluding hydrogens is 228 g/mol. The van der Waals surface area contributed by atoms with Gasteiger partial charge in [-0.1, -0.05) is 6.92 Å². The largest absolute Gasteiger partial charge is 0.479 e. The lowest BCUT2D eigenvalue weighted by atomic mass is 9.98. The van der Waals surface area contributed by atoms with E-state index in [0.717, 1.165) is 14.0 Å². The number of hydrogen-bond donors (Lipinski definition) is 1. The smallest absolute Gasteiger partial charge is 0.334 e. The second-order valence-electron chi connectivity index (χ2n) is 3.74. The normalized spacial score (nSPS) is 15.8. The summed E-state index contributed by atoms with van der Waals surface area (Å²) in [6.45, 7) is 4.61. The van der Waals surface area contributed by atoms with Crippen molar-refractivity contribution in [2.75, 3.05) is 7.11 Å². The second kappa shape index (κ2) is 7.01. The van der Waals surface area contributed by atoms with Crippen molar-refractivity contribution >= 4 is 17.7 Å². The van der Waals surface area contributed by atoms with Gasteiger partial charge >= 0.3 is 11.9 Å². The Morgan fingerprint density at radius 2 is 1.82 bits per heavy atom. The number of aliphatic carboxylic acids is 1. The first kappa shape index (κ1) is 15.6. The van der Waals surface area contributed by atoms with Gasteiger partial charge in [0.05, 0.1) is 6.10 Å². The van der Waals surface area contributed by atoms with E-state index in [4.69, 9.17) is 9.84 Å². The molecule has 0 aliphatic rings. The Labute approximate surface area is 99.9 Å². The lowest BCUT2D eigenvalue weighted by Gasteiger charge is -2.21. The van der Waals surface area contributed by atoms with Crippen LogP contribution in [0.2, 0.25) is 0 Å². The maximum Gasteiger partial charge on any atom is 0.334 e. The van der Waals surface area contributed by atoms with E-state index < -0.39 is 29.7 Å². The van der Waals surface area contributed by atoms with Gasteiger partial charge in [0.25, 0.3) is 0 Å². The van der Waals surface area contributed by atoms with Crippen LogP contribution < -0.4 is 0 Å². The van der Waals surface area contributed by atoms with E-state index in [2.05, 4.69) is 4.74 Å². The van der Waals surface area contributed by atoms with Crippen LogP contribution in [0.5, 0.6) is 0 Å². The highest BCUT2D eigenvalue weighted by Gasteiger charge is 2.39. The van der Waals surface area contributed by atoms with Gasteiger partial charge in [-0.15, -0.1) is 0 Å². The predicted molar refractivity (Wildman–Crippen MR) is 58.4 cm³/mol. The highest BCUT2D eigenvalue weighted by Crippen LogP contribution is 2.14. The Balaban J connectivity index is 4.90. The van der Waals surface area contributed by atoms with Gasteiger partial charge in [0.15, 0.2) is 12.0 Å². The molecule has 1 N–H and O–H groups in total. The molecule has 0 radical (unpaired) electrons. The number of carbonyl (C=O) groups excluding carboxylic acids is 2. The maximum atomic E-state index is 11.7. The zero-order valence-corrected chi connectivity index (χ0v) is 10.4. The lowest BCUT2D eigenvalue weighted by molar-refractivity contribution is -0.170. The van der Waals surface area contributed by atoms with E-state index >= 15 is 0 Å². The fraction of sp³-hybridized carbons (Fsp3) is 0.727. The van der Waals surface area contributed by atoms with Gasteiger partial charge in [-0.2, -0.15) is 0 Å². The molecule has 0 amide bonds. The zero-order chi connectivity index (χ0) is 13.6. The summed E-state index contributed by atoms with van der Waals surface area (Å²) >= 11 is 0. The van der Waals surface area contributed by atoms with E-state index in [1.54, 1.807) is 6.92 Å². The van der Waals surface area contributed by atoms with E-state index in [0.29, 0.717) is 6.42 Å². The monoisotopic (exact) mass is 246 g/mol.